The fourth-order valence-electron chi connectivity index (χ4n) is 1.68. The molecule has 1 atom stereocenters. The van der Waals surface area contributed by atoms with Crippen molar-refractivity contribution in [3.63, 3.8) is 0 Å². The first-order valence-corrected chi connectivity index (χ1v) is 6.15. The van der Waals surface area contributed by atoms with Crippen LogP contribution >= 0.6 is 0 Å². The molecular formula is C13H18F3NO2. The number of ether oxygens (including phenoxy) is 1. The Hall–Kier alpha value is -1.27. The predicted molar refractivity (Wildman–Crippen MR) is 65.7 cm³/mol. The van der Waals surface area contributed by atoms with Crippen molar-refractivity contribution in [3.8, 4) is 5.75 Å². The van der Waals surface area contributed by atoms with Gasteiger partial charge in [0.1, 0.15) is 5.75 Å². The summed E-state index contributed by atoms with van der Waals surface area (Å²) in [4.78, 5) is 0. The second-order valence-corrected chi connectivity index (χ2v) is 4.23. The molecule has 1 unspecified atom stereocenters. The Balaban J connectivity index is 2.53. The van der Waals surface area contributed by atoms with Crippen LogP contribution in [0.15, 0.2) is 24.3 Å². The number of halogens is 3. The minimum atomic E-state index is -4.70. The highest BCUT2D eigenvalue weighted by molar-refractivity contribution is 5.33. The van der Waals surface area contributed by atoms with Crippen molar-refractivity contribution in [2.75, 3.05) is 6.54 Å². The molecule has 0 aliphatic heterocycles. The lowest BCUT2D eigenvalue weighted by molar-refractivity contribution is -0.274. The number of hydrogen-bond acceptors (Lipinski definition) is 3. The molecule has 0 heterocycles. The number of rotatable bonds is 7. The van der Waals surface area contributed by atoms with Crippen LogP contribution in [0.3, 0.4) is 0 Å². The van der Waals surface area contributed by atoms with Crippen LogP contribution in [0, 0.1) is 0 Å². The van der Waals surface area contributed by atoms with Crippen LogP contribution in [0.4, 0.5) is 13.2 Å². The summed E-state index contributed by atoms with van der Waals surface area (Å²) in [6.45, 7) is 2.51. The molecule has 1 aromatic rings. The molecule has 0 saturated carbocycles. The molecule has 0 bridgehead atoms. The molecular weight excluding hydrogens is 259 g/mol. The van der Waals surface area contributed by atoms with E-state index in [-0.39, 0.29) is 12.3 Å². The van der Waals surface area contributed by atoms with Crippen LogP contribution in [0.5, 0.6) is 5.75 Å². The van der Waals surface area contributed by atoms with Crippen LogP contribution in [0.1, 0.15) is 25.3 Å². The van der Waals surface area contributed by atoms with Gasteiger partial charge in [0.25, 0.3) is 0 Å². The van der Waals surface area contributed by atoms with E-state index < -0.39 is 12.5 Å². The first-order valence-electron chi connectivity index (χ1n) is 6.15. The summed E-state index contributed by atoms with van der Waals surface area (Å²) in [7, 11) is 0. The molecule has 0 aromatic heterocycles. The van der Waals surface area contributed by atoms with Crippen molar-refractivity contribution in [3.05, 3.63) is 29.8 Å². The van der Waals surface area contributed by atoms with Gasteiger partial charge in [-0.25, -0.2) is 0 Å². The molecule has 0 aliphatic carbocycles. The summed E-state index contributed by atoms with van der Waals surface area (Å²) < 4.78 is 40.5. The van der Waals surface area contributed by atoms with Gasteiger partial charge in [0.05, 0.1) is 6.10 Å². The highest BCUT2D eigenvalue weighted by Gasteiger charge is 2.31. The first-order chi connectivity index (χ1) is 8.92. The normalized spacial score (nSPS) is 13.3. The maximum Gasteiger partial charge on any atom is 0.573 e. The minimum Gasteiger partial charge on any atom is -0.405 e. The standard InChI is InChI=1S/C13H18F3NO2/c1-2-5-11(18)9-17-8-10-6-3-4-7-12(10)19-13(14,15)16/h3-4,6-7,11,17-18H,2,5,8-9H2,1H3. The van der Waals surface area contributed by atoms with E-state index in [1.807, 2.05) is 6.92 Å². The van der Waals surface area contributed by atoms with E-state index in [1.54, 1.807) is 12.1 Å². The maximum atomic E-state index is 12.2. The predicted octanol–water partition coefficient (Wildman–Crippen LogP) is 2.84. The molecule has 0 fully saturated rings. The molecule has 0 aliphatic rings. The quantitative estimate of drug-likeness (QED) is 0.805. The van der Waals surface area contributed by atoms with E-state index in [1.165, 1.54) is 12.1 Å². The molecule has 6 heteroatoms. The van der Waals surface area contributed by atoms with Crippen molar-refractivity contribution < 1.29 is 23.0 Å². The van der Waals surface area contributed by atoms with Crippen LogP contribution in [-0.2, 0) is 6.54 Å². The number of nitrogens with one attached hydrogen (secondary N) is 1. The Morgan fingerprint density at radius 1 is 1.32 bits per heavy atom. The van der Waals surface area contributed by atoms with Crippen molar-refractivity contribution in [2.24, 2.45) is 0 Å². The lowest BCUT2D eigenvalue weighted by atomic mass is 10.2. The van der Waals surface area contributed by atoms with Gasteiger partial charge < -0.3 is 15.2 Å². The Labute approximate surface area is 110 Å². The van der Waals surface area contributed by atoms with Gasteiger partial charge in [0, 0.05) is 18.7 Å². The highest BCUT2D eigenvalue weighted by atomic mass is 19.4. The van der Waals surface area contributed by atoms with Gasteiger partial charge in [-0.15, -0.1) is 13.2 Å². The number of aliphatic hydroxyl groups excluding tert-OH is 1. The zero-order valence-electron chi connectivity index (χ0n) is 10.7. The monoisotopic (exact) mass is 277 g/mol. The summed E-state index contributed by atoms with van der Waals surface area (Å²) in [5.74, 6) is -0.215. The molecule has 19 heavy (non-hydrogen) atoms. The topological polar surface area (TPSA) is 41.5 Å². The number of aliphatic hydroxyl groups is 1. The van der Waals surface area contributed by atoms with Crippen LogP contribution in [-0.4, -0.2) is 24.1 Å². The van der Waals surface area contributed by atoms with E-state index in [2.05, 4.69) is 10.1 Å². The summed E-state index contributed by atoms with van der Waals surface area (Å²) in [6, 6.07) is 5.95. The van der Waals surface area contributed by atoms with Crippen LogP contribution in [0.25, 0.3) is 0 Å². The molecule has 2 N–H and O–H groups in total. The third-order valence-electron chi connectivity index (χ3n) is 2.52. The van der Waals surface area contributed by atoms with Crippen molar-refractivity contribution >= 4 is 0 Å². The summed E-state index contributed by atoms with van der Waals surface area (Å²) >= 11 is 0. The van der Waals surface area contributed by atoms with Crippen LogP contribution < -0.4 is 10.1 Å². The SMILES string of the molecule is CCCC(O)CNCc1ccccc1OC(F)(F)F. The fourth-order valence-corrected chi connectivity index (χ4v) is 1.68. The highest BCUT2D eigenvalue weighted by Crippen LogP contribution is 2.25. The number of alkyl halides is 3. The smallest absolute Gasteiger partial charge is 0.405 e. The van der Waals surface area contributed by atoms with Crippen molar-refractivity contribution in [1.82, 2.24) is 5.32 Å². The van der Waals surface area contributed by atoms with E-state index in [9.17, 15) is 18.3 Å². The molecule has 0 saturated heterocycles. The van der Waals surface area contributed by atoms with E-state index in [0.717, 1.165) is 6.42 Å². The van der Waals surface area contributed by atoms with E-state index >= 15 is 0 Å². The van der Waals surface area contributed by atoms with Gasteiger partial charge in [-0.05, 0) is 12.5 Å². The van der Waals surface area contributed by atoms with Gasteiger partial charge >= 0.3 is 6.36 Å². The van der Waals surface area contributed by atoms with E-state index in [0.29, 0.717) is 18.5 Å². The second kappa shape index (κ2) is 7.35. The number of benzene rings is 1. The van der Waals surface area contributed by atoms with Crippen LogP contribution in [0.2, 0.25) is 0 Å². The minimum absolute atomic E-state index is 0.215. The maximum absolute atomic E-state index is 12.2. The average molecular weight is 277 g/mol. The first kappa shape index (κ1) is 15.8. The molecule has 0 spiro atoms. The number of para-hydroxylation sites is 1. The summed E-state index contributed by atoms with van der Waals surface area (Å²) in [6.07, 6.45) is -3.66. The Morgan fingerprint density at radius 3 is 2.63 bits per heavy atom. The summed E-state index contributed by atoms with van der Waals surface area (Å²) in [5, 5.41) is 12.4. The molecule has 108 valence electrons. The number of hydrogen-bond donors (Lipinski definition) is 2. The van der Waals surface area contributed by atoms with Crippen molar-refractivity contribution in [1.29, 1.82) is 0 Å². The second-order valence-electron chi connectivity index (χ2n) is 4.23. The average Bonchev–Trinajstić information content (AvgIpc) is 2.30. The largest absolute Gasteiger partial charge is 0.573 e. The zero-order valence-corrected chi connectivity index (χ0v) is 10.7. The van der Waals surface area contributed by atoms with Gasteiger partial charge in [-0.3, -0.25) is 0 Å². The Bertz CT molecular complexity index is 382. The lowest BCUT2D eigenvalue weighted by Gasteiger charge is -2.15. The van der Waals surface area contributed by atoms with E-state index in [4.69, 9.17) is 0 Å². The fraction of sp³-hybridized carbons (Fsp3) is 0.538. The molecule has 1 rings (SSSR count). The van der Waals surface area contributed by atoms with Crippen molar-refractivity contribution in [2.45, 2.75) is 38.8 Å². The lowest BCUT2D eigenvalue weighted by Crippen LogP contribution is -2.27. The molecule has 3 nitrogen and oxygen atoms in total. The molecule has 0 radical (unpaired) electrons. The Kier molecular flexibility index (Phi) is 6.11. The third-order valence-corrected chi connectivity index (χ3v) is 2.52. The van der Waals surface area contributed by atoms with Gasteiger partial charge in [-0.1, -0.05) is 31.5 Å². The van der Waals surface area contributed by atoms with Gasteiger partial charge in [0.15, 0.2) is 0 Å². The Morgan fingerprint density at radius 2 is 2.00 bits per heavy atom. The van der Waals surface area contributed by atoms with Gasteiger partial charge in [0.2, 0.25) is 0 Å². The third kappa shape index (κ3) is 6.45. The van der Waals surface area contributed by atoms with Gasteiger partial charge in [-0.2, -0.15) is 0 Å². The molecule has 1 aromatic carbocycles. The summed E-state index contributed by atoms with van der Waals surface area (Å²) in [5.41, 5.74) is 0.406. The molecule has 0 amide bonds. The zero-order chi connectivity index (χ0) is 14.3.